The zero-order chi connectivity index (χ0) is 13.1. The zero-order valence-corrected chi connectivity index (χ0v) is 14.2. The summed E-state index contributed by atoms with van der Waals surface area (Å²) in [5.74, 6) is 1.11. The van der Waals surface area contributed by atoms with Gasteiger partial charge in [0, 0.05) is 22.0 Å². The van der Waals surface area contributed by atoms with Gasteiger partial charge in [-0.1, -0.05) is 0 Å². The van der Waals surface area contributed by atoms with Crippen LogP contribution < -0.4 is 46.4 Å². The average molecular weight is 357 g/mol. The Morgan fingerprint density at radius 3 is 2.52 bits per heavy atom. The molecule has 1 atom stereocenters. The summed E-state index contributed by atoms with van der Waals surface area (Å²) in [6, 6.07) is 5.28. The van der Waals surface area contributed by atoms with Crippen molar-refractivity contribution in [3.8, 4) is 5.75 Å². The van der Waals surface area contributed by atoms with Gasteiger partial charge in [0.15, 0.2) is 6.54 Å². The quantitative estimate of drug-likeness (QED) is 0.499. The Hall–Kier alpha value is -1.19. The van der Waals surface area contributed by atoms with Crippen LogP contribution in [0.15, 0.2) is 28.2 Å². The number of amidine groups is 1. The molecular weight excluding hydrogens is 339 g/mol. The molecule has 2 rings (SSSR count). The minimum absolute atomic E-state index is 0. The van der Waals surface area contributed by atoms with Gasteiger partial charge in [-0.05, 0) is 18.2 Å². The number of methoxy groups -OCH3 is 1. The number of quaternary nitrogens is 2. The topological polar surface area (TPSA) is 121 Å². The first-order valence-electron chi connectivity index (χ1n) is 5.33. The number of carbonyl (C=O) groups is 1. The summed E-state index contributed by atoms with van der Waals surface area (Å²) in [6.45, 7) is 0.295. The maximum atomic E-state index is 11.4. The molecule has 0 radical (unpaired) electrons. The summed E-state index contributed by atoms with van der Waals surface area (Å²) in [6.07, 6.45) is 1.61. The number of carbonyl (C=O) groups excluding carboxylic acids is 1. The molecule has 0 aliphatic carbocycles. The Kier molecular flexibility index (Phi) is 10.2. The van der Waals surface area contributed by atoms with Crippen molar-refractivity contribution < 1.29 is 43.9 Å². The number of hydrogen-bond acceptors (Lipinski definition) is 4. The summed E-state index contributed by atoms with van der Waals surface area (Å²) in [5.41, 5.74) is 3.19. The van der Waals surface area contributed by atoms with Crippen molar-refractivity contribution in [2.24, 2.45) is 5.10 Å². The molecule has 1 amide bonds. The van der Waals surface area contributed by atoms with Gasteiger partial charge in [0.2, 0.25) is 0 Å². The fourth-order valence-electron chi connectivity index (χ4n) is 1.64. The SMILES string of the molecule is COc1cc(S(C)=O)ccc1C1=NNC(=O)C[NH2+]1.[Cl-].[Cl-].[NH4+]. The second-order valence-corrected chi connectivity index (χ2v) is 5.14. The molecule has 1 heterocycles. The first-order chi connectivity index (χ1) is 8.61. The average Bonchev–Trinajstić information content (AvgIpc) is 2.39. The molecule has 7 N–H and O–H groups in total. The third-order valence-corrected chi connectivity index (χ3v) is 3.48. The van der Waals surface area contributed by atoms with E-state index in [1.807, 2.05) is 0 Å². The first kappa shape index (κ1) is 22.1. The Labute approximate surface area is 137 Å². The lowest BCUT2D eigenvalue weighted by atomic mass is 10.1. The van der Waals surface area contributed by atoms with Crippen molar-refractivity contribution in [3.63, 3.8) is 0 Å². The van der Waals surface area contributed by atoms with Gasteiger partial charge in [-0.15, -0.1) is 5.10 Å². The van der Waals surface area contributed by atoms with Crippen LogP contribution in [0.25, 0.3) is 0 Å². The number of halogens is 2. The summed E-state index contributed by atoms with van der Waals surface area (Å²) >= 11 is 0. The van der Waals surface area contributed by atoms with Crippen molar-refractivity contribution in [3.05, 3.63) is 23.8 Å². The standard InChI is InChI=1S/C11H13N3O3S.2ClH.H3N/c1-17-9-5-7(18(2)16)3-4-8(9)11-12-6-10(15)13-14-11;;;/h3-5H,6H2,1-2H3,(H,12,14)(H,13,15);2*1H;1H3. The summed E-state index contributed by atoms with van der Waals surface area (Å²) in [7, 11) is 0.485. The van der Waals surface area contributed by atoms with E-state index in [0.717, 1.165) is 5.56 Å². The molecule has 120 valence electrons. The van der Waals surface area contributed by atoms with Gasteiger partial charge in [0.25, 0.3) is 11.7 Å². The number of ether oxygens (including phenoxy) is 1. The number of hydrogen-bond donors (Lipinski definition) is 3. The monoisotopic (exact) mass is 356 g/mol. The summed E-state index contributed by atoms with van der Waals surface area (Å²) < 4.78 is 16.7. The number of benzene rings is 1. The van der Waals surface area contributed by atoms with Crippen LogP contribution in [0.4, 0.5) is 0 Å². The Bertz CT molecular complexity index is 554. The van der Waals surface area contributed by atoms with Crippen molar-refractivity contribution in [2.45, 2.75) is 4.90 Å². The number of nitrogens with zero attached hydrogens (tertiary/aromatic N) is 1. The van der Waals surface area contributed by atoms with Crippen LogP contribution in [0.5, 0.6) is 5.75 Å². The van der Waals surface area contributed by atoms with E-state index >= 15 is 0 Å². The lowest BCUT2D eigenvalue weighted by molar-refractivity contribution is -0.529. The molecule has 0 saturated carbocycles. The third kappa shape index (κ3) is 5.25. The molecule has 1 aliphatic heterocycles. The van der Waals surface area contributed by atoms with Crippen molar-refractivity contribution >= 4 is 22.5 Å². The smallest absolute Gasteiger partial charge is 0.295 e. The highest BCUT2D eigenvalue weighted by molar-refractivity contribution is 7.84. The molecule has 7 nitrogen and oxygen atoms in total. The molecule has 1 aliphatic rings. The first-order valence-corrected chi connectivity index (χ1v) is 6.89. The predicted octanol–water partition coefficient (Wildman–Crippen LogP) is -6.83. The molecule has 0 saturated heterocycles. The number of nitrogens with two attached hydrogens (primary N) is 1. The Balaban J connectivity index is 0. The van der Waals surface area contributed by atoms with E-state index in [1.54, 1.807) is 36.9 Å². The van der Waals surface area contributed by atoms with E-state index in [4.69, 9.17) is 4.74 Å². The lowest BCUT2D eigenvalue weighted by Gasteiger charge is -2.13. The largest absolute Gasteiger partial charge is 1.00 e. The number of rotatable bonds is 3. The highest BCUT2D eigenvalue weighted by Gasteiger charge is 2.20. The molecule has 0 spiro atoms. The highest BCUT2D eigenvalue weighted by atomic mass is 35.5. The third-order valence-electron chi connectivity index (χ3n) is 2.56. The molecule has 1 unspecified atom stereocenters. The van der Waals surface area contributed by atoms with Gasteiger partial charge in [0.1, 0.15) is 5.75 Å². The number of nitrogens with one attached hydrogen (secondary N) is 1. The maximum Gasteiger partial charge on any atom is 0.295 e. The molecule has 0 fully saturated rings. The van der Waals surface area contributed by atoms with Gasteiger partial charge in [-0.2, -0.15) is 0 Å². The molecule has 10 heteroatoms. The maximum absolute atomic E-state index is 11.4. The van der Waals surface area contributed by atoms with Crippen LogP contribution in [0.1, 0.15) is 5.56 Å². The van der Waals surface area contributed by atoms with Crippen LogP contribution in [0.2, 0.25) is 0 Å². The van der Waals surface area contributed by atoms with Crippen LogP contribution in [-0.4, -0.2) is 35.9 Å². The fourth-order valence-corrected chi connectivity index (χ4v) is 2.17. The van der Waals surface area contributed by atoms with Gasteiger partial charge in [-0.3, -0.25) is 14.3 Å². The van der Waals surface area contributed by atoms with Gasteiger partial charge in [-0.25, -0.2) is 5.43 Å². The predicted molar refractivity (Wildman–Crippen MR) is 72.8 cm³/mol. The van der Waals surface area contributed by atoms with Crippen LogP contribution in [0.3, 0.4) is 0 Å². The van der Waals surface area contributed by atoms with E-state index in [2.05, 4.69) is 10.5 Å². The zero-order valence-electron chi connectivity index (χ0n) is 11.9. The lowest BCUT2D eigenvalue weighted by Crippen LogP contribution is -3.00. The normalized spacial score (nSPS) is 14.4. The van der Waals surface area contributed by atoms with E-state index in [9.17, 15) is 9.00 Å². The van der Waals surface area contributed by atoms with Crippen LogP contribution in [-0.2, 0) is 15.6 Å². The minimum Gasteiger partial charge on any atom is -1.00 e. The number of amides is 1. The molecule has 0 bridgehead atoms. The van der Waals surface area contributed by atoms with E-state index in [-0.39, 0.29) is 36.9 Å². The van der Waals surface area contributed by atoms with Crippen LogP contribution in [0, 0.1) is 0 Å². The second kappa shape index (κ2) is 9.69. The van der Waals surface area contributed by atoms with E-state index in [0.29, 0.717) is 23.0 Å². The molecule has 1 aromatic rings. The molecule has 1 aromatic carbocycles. The Morgan fingerprint density at radius 2 is 2.05 bits per heavy atom. The summed E-state index contributed by atoms with van der Waals surface area (Å²) in [4.78, 5) is 11.7. The van der Waals surface area contributed by atoms with E-state index < -0.39 is 10.8 Å². The molecule has 0 aromatic heterocycles. The van der Waals surface area contributed by atoms with Gasteiger partial charge < -0.3 is 35.7 Å². The highest BCUT2D eigenvalue weighted by Crippen LogP contribution is 2.21. The van der Waals surface area contributed by atoms with Gasteiger partial charge in [0.05, 0.1) is 12.7 Å². The summed E-state index contributed by atoms with van der Waals surface area (Å²) in [5, 5.41) is 5.70. The van der Waals surface area contributed by atoms with Crippen LogP contribution >= 0.6 is 0 Å². The Morgan fingerprint density at radius 1 is 1.38 bits per heavy atom. The molecular formula is C11H18Cl2N4O3S. The molecule has 21 heavy (non-hydrogen) atoms. The number of hydrazone groups is 1. The van der Waals surface area contributed by atoms with Gasteiger partial charge >= 0.3 is 0 Å². The van der Waals surface area contributed by atoms with Crippen molar-refractivity contribution in [1.82, 2.24) is 11.6 Å². The second-order valence-electron chi connectivity index (χ2n) is 3.76. The fraction of sp³-hybridized carbons (Fsp3) is 0.273. The minimum atomic E-state index is -1.06. The van der Waals surface area contributed by atoms with Crippen molar-refractivity contribution in [1.29, 1.82) is 0 Å². The van der Waals surface area contributed by atoms with Crippen molar-refractivity contribution in [2.75, 3.05) is 19.9 Å². The van der Waals surface area contributed by atoms with E-state index in [1.165, 1.54) is 0 Å².